The van der Waals surface area contributed by atoms with Crippen molar-refractivity contribution in [3.63, 3.8) is 0 Å². The van der Waals surface area contributed by atoms with Crippen LogP contribution in [0.2, 0.25) is 0 Å². The van der Waals surface area contributed by atoms with Gasteiger partial charge in [-0.3, -0.25) is 4.79 Å². The van der Waals surface area contributed by atoms with Crippen LogP contribution in [0.1, 0.15) is 16.6 Å². The summed E-state index contributed by atoms with van der Waals surface area (Å²) in [7, 11) is 0. The van der Waals surface area contributed by atoms with Gasteiger partial charge < -0.3 is 5.73 Å². The summed E-state index contributed by atoms with van der Waals surface area (Å²) in [6.07, 6.45) is 0. The maximum Gasteiger partial charge on any atom is 0.191 e. The van der Waals surface area contributed by atoms with Gasteiger partial charge in [-0.15, -0.1) is 22.7 Å². The predicted molar refractivity (Wildman–Crippen MR) is 92.8 cm³/mol. The van der Waals surface area contributed by atoms with Gasteiger partial charge >= 0.3 is 0 Å². The standard InChI is InChI=1S/C14H11N5OS3/c1-7-5-22-13(17-7)9(4-15)10(20)6-23-14-18-11(16)8-2-3-21-12(8)19-14/h2-3,5,9H,6H2,1H3,(H2,16,18,19). The second-order valence-corrected chi connectivity index (χ2v) is 7.40. The second kappa shape index (κ2) is 6.62. The number of anilines is 1. The van der Waals surface area contributed by atoms with Gasteiger partial charge in [0.25, 0.3) is 0 Å². The largest absolute Gasteiger partial charge is 0.383 e. The molecule has 0 amide bonds. The number of hydrogen-bond acceptors (Lipinski definition) is 9. The first kappa shape index (κ1) is 15.9. The molecule has 2 N–H and O–H groups in total. The molecule has 0 aliphatic heterocycles. The van der Waals surface area contributed by atoms with Crippen LogP contribution >= 0.6 is 34.4 Å². The number of nitrogen functional groups attached to an aromatic ring is 1. The van der Waals surface area contributed by atoms with Crippen LogP contribution in [0.15, 0.2) is 22.0 Å². The van der Waals surface area contributed by atoms with Crippen LogP contribution in [0.3, 0.4) is 0 Å². The Morgan fingerprint density at radius 2 is 2.26 bits per heavy atom. The van der Waals surface area contributed by atoms with E-state index in [1.54, 1.807) is 0 Å². The Balaban J connectivity index is 1.73. The molecular weight excluding hydrogens is 350 g/mol. The third-order valence-electron chi connectivity index (χ3n) is 3.01. The van der Waals surface area contributed by atoms with E-state index in [4.69, 9.17) is 5.73 Å². The number of nitriles is 1. The van der Waals surface area contributed by atoms with E-state index < -0.39 is 5.92 Å². The zero-order valence-corrected chi connectivity index (χ0v) is 14.5. The Kier molecular flexibility index (Phi) is 4.56. The first-order chi connectivity index (χ1) is 11.1. The highest BCUT2D eigenvalue weighted by Gasteiger charge is 2.23. The zero-order valence-electron chi connectivity index (χ0n) is 12.0. The summed E-state index contributed by atoms with van der Waals surface area (Å²) < 4.78 is 0. The highest BCUT2D eigenvalue weighted by atomic mass is 32.2. The average molecular weight is 361 g/mol. The lowest BCUT2D eigenvalue weighted by Crippen LogP contribution is -2.13. The monoisotopic (exact) mass is 361 g/mol. The molecule has 0 spiro atoms. The molecule has 6 nitrogen and oxygen atoms in total. The summed E-state index contributed by atoms with van der Waals surface area (Å²) in [4.78, 5) is 25.9. The SMILES string of the molecule is Cc1csc(C(C#N)C(=O)CSc2nc(N)c3ccsc3n2)n1. The van der Waals surface area contributed by atoms with Crippen molar-refractivity contribution in [2.75, 3.05) is 11.5 Å². The smallest absolute Gasteiger partial charge is 0.191 e. The summed E-state index contributed by atoms with van der Waals surface area (Å²) in [5, 5.41) is 14.8. The number of thiazole rings is 1. The first-order valence-electron chi connectivity index (χ1n) is 6.56. The Hall–Kier alpha value is -2.02. The van der Waals surface area contributed by atoms with Gasteiger partial charge in [0.1, 0.15) is 15.7 Å². The van der Waals surface area contributed by atoms with E-state index in [2.05, 4.69) is 15.0 Å². The lowest BCUT2D eigenvalue weighted by molar-refractivity contribution is -0.116. The molecular formula is C14H11N5OS3. The van der Waals surface area contributed by atoms with Gasteiger partial charge in [0.2, 0.25) is 0 Å². The molecule has 0 radical (unpaired) electrons. The van der Waals surface area contributed by atoms with Gasteiger partial charge in [0, 0.05) is 11.1 Å². The molecule has 1 atom stereocenters. The van der Waals surface area contributed by atoms with Crippen molar-refractivity contribution in [3.05, 3.63) is 27.5 Å². The molecule has 3 aromatic rings. The minimum absolute atomic E-state index is 0.104. The summed E-state index contributed by atoms with van der Waals surface area (Å²) >= 11 is 3.98. The summed E-state index contributed by atoms with van der Waals surface area (Å²) in [6.45, 7) is 1.83. The Morgan fingerprint density at radius 3 is 2.96 bits per heavy atom. The number of carbonyl (C=O) groups is 1. The minimum Gasteiger partial charge on any atom is -0.383 e. The topological polar surface area (TPSA) is 106 Å². The van der Waals surface area contributed by atoms with Crippen LogP contribution in [0.4, 0.5) is 5.82 Å². The number of Topliss-reactive ketones (excluding diaryl/α,β-unsaturated/α-hetero) is 1. The van der Waals surface area contributed by atoms with Crippen LogP contribution in [0, 0.1) is 18.3 Å². The van der Waals surface area contributed by atoms with E-state index in [-0.39, 0.29) is 11.5 Å². The molecule has 9 heteroatoms. The second-order valence-electron chi connectivity index (χ2n) is 4.68. The van der Waals surface area contributed by atoms with E-state index in [0.29, 0.717) is 16.0 Å². The van der Waals surface area contributed by atoms with Gasteiger partial charge in [0.05, 0.1) is 17.2 Å². The van der Waals surface area contributed by atoms with E-state index in [0.717, 1.165) is 15.9 Å². The fraction of sp³-hybridized carbons (Fsp3) is 0.214. The van der Waals surface area contributed by atoms with Crippen LogP contribution in [-0.2, 0) is 4.79 Å². The number of aromatic nitrogens is 3. The number of rotatable bonds is 5. The summed E-state index contributed by atoms with van der Waals surface area (Å²) in [6, 6.07) is 3.89. The summed E-state index contributed by atoms with van der Waals surface area (Å²) in [5.74, 6) is -0.546. The molecule has 0 saturated heterocycles. The fourth-order valence-corrected chi connectivity index (χ4v) is 4.36. The van der Waals surface area contributed by atoms with Gasteiger partial charge in [-0.25, -0.2) is 15.0 Å². The molecule has 23 heavy (non-hydrogen) atoms. The molecule has 0 fully saturated rings. The number of thiophene rings is 1. The molecule has 3 rings (SSSR count). The van der Waals surface area contributed by atoms with Crippen LogP contribution < -0.4 is 5.73 Å². The Morgan fingerprint density at radius 1 is 1.43 bits per heavy atom. The van der Waals surface area contributed by atoms with Gasteiger partial charge in [-0.05, 0) is 18.4 Å². The van der Waals surface area contributed by atoms with Crippen molar-refractivity contribution >= 4 is 56.3 Å². The molecule has 116 valence electrons. The first-order valence-corrected chi connectivity index (χ1v) is 9.31. The minimum atomic E-state index is -0.844. The third kappa shape index (κ3) is 3.34. The maximum absolute atomic E-state index is 12.3. The number of nitrogens with zero attached hydrogens (tertiary/aromatic N) is 4. The highest BCUT2D eigenvalue weighted by Crippen LogP contribution is 2.28. The quantitative estimate of drug-likeness (QED) is 0.550. The third-order valence-corrected chi connectivity index (χ3v) is 5.72. The molecule has 0 aliphatic carbocycles. The predicted octanol–water partition coefficient (Wildman–Crippen LogP) is 3.01. The Bertz CT molecular complexity index is 911. The van der Waals surface area contributed by atoms with E-state index in [9.17, 15) is 10.1 Å². The molecule has 1 unspecified atom stereocenters. The van der Waals surface area contributed by atoms with Gasteiger partial charge in [-0.1, -0.05) is 11.8 Å². The van der Waals surface area contributed by atoms with Gasteiger partial charge in [0.15, 0.2) is 16.9 Å². The lowest BCUT2D eigenvalue weighted by Gasteiger charge is -2.05. The van der Waals surface area contributed by atoms with Gasteiger partial charge in [-0.2, -0.15) is 5.26 Å². The fourth-order valence-electron chi connectivity index (χ4n) is 1.91. The summed E-state index contributed by atoms with van der Waals surface area (Å²) in [5.41, 5.74) is 6.69. The molecule has 0 aromatic carbocycles. The van der Waals surface area contributed by atoms with Crippen molar-refractivity contribution in [1.29, 1.82) is 5.26 Å². The van der Waals surface area contributed by atoms with Crippen molar-refractivity contribution in [3.8, 4) is 6.07 Å². The van der Waals surface area contributed by atoms with Crippen molar-refractivity contribution in [2.24, 2.45) is 0 Å². The average Bonchev–Trinajstić information content (AvgIpc) is 3.15. The molecule has 0 aliphatic rings. The Labute approximate surface area is 144 Å². The molecule has 0 bridgehead atoms. The number of fused-ring (bicyclic) bond motifs is 1. The zero-order chi connectivity index (χ0) is 16.4. The van der Waals surface area contributed by atoms with Crippen molar-refractivity contribution in [2.45, 2.75) is 18.0 Å². The van der Waals surface area contributed by atoms with Crippen LogP contribution in [-0.4, -0.2) is 26.5 Å². The number of nitrogens with two attached hydrogens (primary N) is 1. The van der Waals surface area contributed by atoms with Crippen LogP contribution in [0.25, 0.3) is 10.2 Å². The number of hydrogen-bond donors (Lipinski definition) is 1. The molecule has 3 aromatic heterocycles. The van der Waals surface area contributed by atoms with E-state index >= 15 is 0 Å². The number of thioether (sulfide) groups is 1. The van der Waals surface area contributed by atoms with E-state index in [1.807, 2.05) is 29.8 Å². The van der Waals surface area contributed by atoms with Crippen LogP contribution in [0.5, 0.6) is 0 Å². The molecule has 3 heterocycles. The number of aryl methyl sites for hydroxylation is 1. The molecule has 0 saturated carbocycles. The maximum atomic E-state index is 12.3. The lowest BCUT2D eigenvalue weighted by atomic mass is 10.1. The number of ketones is 1. The van der Waals surface area contributed by atoms with Crippen molar-refractivity contribution in [1.82, 2.24) is 15.0 Å². The van der Waals surface area contributed by atoms with Crippen molar-refractivity contribution < 1.29 is 4.79 Å². The number of carbonyl (C=O) groups excluding carboxylic acids is 1. The highest BCUT2D eigenvalue weighted by molar-refractivity contribution is 7.99. The normalized spacial score (nSPS) is 12.2. The van der Waals surface area contributed by atoms with E-state index in [1.165, 1.54) is 34.4 Å².